The van der Waals surface area contributed by atoms with E-state index in [1.165, 1.54) is 0 Å². The van der Waals surface area contributed by atoms with Gasteiger partial charge in [0.1, 0.15) is 11.6 Å². The van der Waals surface area contributed by atoms with Gasteiger partial charge in [-0.2, -0.15) is 5.10 Å². The molecule has 1 amide bonds. The topological polar surface area (TPSA) is 100.0 Å². The molecule has 2 fully saturated rings. The van der Waals surface area contributed by atoms with Crippen molar-refractivity contribution in [2.45, 2.75) is 44.7 Å². The highest BCUT2D eigenvalue weighted by molar-refractivity contribution is 5.97. The number of nitrogens with two attached hydrogens (primary N) is 1. The Morgan fingerprint density at radius 1 is 1.19 bits per heavy atom. The van der Waals surface area contributed by atoms with E-state index < -0.39 is 0 Å². The van der Waals surface area contributed by atoms with Crippen molar-refractivity contribution in [1.82, 2.24) is 19.5 Å². The minimum atomic E-state index is -0.157. The van der Waals surface area contributed by atoms with Gasteiger partial charge in [0.2, 0.25) is 0 Å². The summed E-state index contributed by atoms with van der Waals surface area (Å²) in [5, 5.41) is 15.0. The van der Waals surface area contributed by atoms with Crippen molar-refractivity contribution < 1.29 is 9.90 Å². The summed E-state index contributed by atoms with van der Waals surface area (Å²) < 4.78 is 1.81. The normalized spacial score (nSPS) is 21.7. The third kappa shape index (κ3) is 3.61. The summed E-state index contributed by atoms with van der Waals surface area (Å²) in [7, 11) is 0. The number of aromatic hydroxyl groups is 1. The molecule has 3 N–H and O–H groups in total. The smallest absolute Gasteiger partial charge is 0.258 e. The number of phenolic OH excluding ortho intramolecular Hbond substituents is 1. The summed E-state index contributed by atoms with van der Waals surface area (Å²) >= 11 is 0. The zero-order valence-corrected chi connectivity index (χ0v) is 17.7. The second-order valence-electron chi connectivity index (χ2n) is 8.64. The first-order chi connectivity index (χ1) is 15.0. The number of hydrogen-bond donors (Lipinski definition) is 2. The molecule has 5 rings (SSSR count). The number of para-hydroxylation sites is 1. The number of carbonyl (C=O) groups excluding carboxylic acids is 1. The third-order valence-electron chi connectivity index (χ3n) is 6.39. The van der Waals surface area contributed by atoms with Crippen molar-refractivity contribution in [3.8, 4) is 5.75 Å². The van der Waals surface area contributed by atoms with Crippen LogP contribution < -0.4 is 10.6 Å². The zero-order valence-electron chi connectivity index (χ0n) is 17.7. The van der Waals surface area contributed by atoms with Crippen LogP contribution in [0.4, 0.5) is 5.82 Å². The lowest BCUT2D eigenvalue weighted by Gasteiger charge is -2.34. The molecule has 2 aromatic heterocycles. The first kappa shape index (κ1) is 19.8. The molecule has 2 unspecified atom stereocenters. The van der Waals surface area contributed by atoms with Crippen molar-refractivity contribution in [3.63, 3.8) is 0 Å². The molecule has 1 aromatic carbocycles. The molecule has 8 heteroatoms. The lowest BCUT2D eigenvalue weighted by Crippen LogP contribution is -2.38. The molecule has 8 nitrogen and oxygen atoms in total. The molecular formula is C23H28N6O2. The van der Waals surface area contributed by atoms with Crippen LogP contribution in [0.1, 0.15) is 53.3 Å². The van der Waals surface area contributed by atoms with Crippen LogP contribution in [0.15, 0.2) is 36.5 Å². The Kier molecular flexibility index (Phi) is 5.02. The molecule has 2 aliphatic rings. The fourth-order valence-electron chi connectivity index (χ4n) is 4.77. The van der Waals surface area contributed by atoms with Crippen LogP contribution in [0.5, 0.6) is 5.75 Å². The van der Waals surface area contributed by atoms with E-state index in [-0.39, 0.29) is 23.7 Å². The summed E-state index contributed by atoms with van der Waals surface area (Å²) in [6.07, 6.45) is 5.80. The minimum absolute atomic E-state index is 0.0116. The van der Waals surface area contributed by atoms with Crippen LogP contribution in [0, 0.1) is 6.92 Å². The lowest BCUT2D eigenvalue weighted by atomic mass is 9.98. The monoisotopic (exact) mass is 420 g/mol. The number of anilines is 1. The molecule has 0 spiro atoms. The summed E-state index contributed by atoms with van der Waals surface area (Å²) in [6, 6.07) is 8.76. The van der Waals surface area contributed by atoms with Gasteiger partial charge in [-0.15, -0.1) is 0 Å². The van der Waals surface area contributed by atoms with Gasteiger partial charge in [0.25, 0.3) is 5.91 Å². The van der Waals surface area contributed by atoms with Gasteiger partial charge in [0.05, 0.1) is 17.3 Å². The highest BCUT2D eigenvalue weighted by atomic mass is 16.3. The van der Waals surface area contributed by atoms with E-state index >= 15 is 0 Å². The number of aryl methyl sites for hydroxylation is 1. The van der Waals surface area contributed by atoms with Crippen molar-refractivity contribution in [2.24, 2.45) is 5.73 Å². The average molecular weight is 421 g/mol. The number of benzene rings is 1. The van der Waals surface area contributed by atoms with Gasteiger partial charge < -0.3 is 20.6 Å². The van der Waals surface area contributed by atoms with Gasteiger partial charge in [-0.3, -0.25) is 4.79 Å². The summed E-state index contributed by atoms with van der Waals surface area (Å²) in [6.45, 7) is 4.42. The number of carbonyl (C=O) groups is 1. The van der Waals surface area contributed by atoms with Crippen molar-refractivity contribution in [3.05, 3.63) is 53.3 Å². The molecule has 0 radical (unpaired) electrons. The quantitative estimate of drug-likeness (QED) is 0.676. The largest absolute Gasteiger partial charge is 0.507 e. The van der Waals surface area contributed by atoms with E-state index in [4.69, 9.17) is 15.8 Å². The highest BCUT2D eigenvalue weighted by Crippen LogP contribution is 2.33. The van der Waals surface area contributed by atoms with E-state index in [1.807, 2.05) is 24.1 Å². The zero-order chi connectivity index (χ0) is 21.5. The fourth-order valence-corrected chi connectivity index (χ4v) is 4.77. The van der Waals surface area contributed by atoms with Gasteiger partial charge in [0.15, 0.2) is 5.65 Å². The number of nitrogens with zero attached hydrogens (tertiary/aromatic N) is 5. The molecule has 31 heavy (non-hydrogen) atoms. The van der Waals surface area contributed by atoms with Crippen LogP contribution in [-0.4, -0.2) is 56.2 Å². The standard InChI is InChI=1S/C23H28N6O2/c1-15-13-29-21(25-22(15)27-11-9-16(24)14-27)12-18(26-29)19-7-4-5-10-28(19)23(31)17-6-2-3-8-20(17)30/h2-3,6,8,12-13,16,19,30H,4-5,7,9-11,14,24H2,1H3. The predicted molar refractivity (Wildman–Crippen MR) is 118 cm³/mol. The Hall–Kier alpha value is -3.13. The molecule has 2 saturated heterocycles. The van der Waals surface area contributed by atoms with Crippen LogP contribution in [-0.2, 0) is 0 Å². The van der Waals surface area contributed by atoms with E-state index in [9.17, 15) is 9.90 Å². The van der Waals surface area contributed by atoms with Crippen LogP contribution >= 0.6 is 0 Å². The van der Waals surface area contributed by atoms with Crippen LogP contribution in [0.25, 0.3) is 5.65 Å². The van der Waals surface area contributed by atoms with Crippen molar-refractivity contribution >= 4 is 17.4 Å². The molecule has 0 bridgehead atoms. The third-order valence-corrected chi connectivity index (χ3v) is 6.39. The number of phenols is 1. The Balaban J connectivity index is 1.48. The van der Waals surface area contributed by atoms with E-state index in [0.717, 1.165) is 61.5 Å². The SMILES string of the molecule is Cc1cn2nc(C3CCCCN3C(=O)c3ccccc3O)cc2nc1N1CCC(N)C1. The summed E-state index contributed by atoms with van der Waals surface area (Å²) in [4.78, 5) is 22.2. The molecule has 3 aromatic rings. The van der Waals surface area contributed by atoms with Crippen molar-refractivity contribution in [2.75, 3.05) is 24.5 Å². The molecule has 2 aliphatic heterocycles. The highest BCUT2D eigenvalue weighted by Gasteiger charge is 2.32. The number of fused-ring (bicyclic) bond motifs is 1. The Bertz CT molecular complexity index is 1130. The second-order valence-corrected chi connectivity index (χ2v) is 8.64. The Labute approximate surface area is 181 Å². The van der Waals surface area contributed by atoms with E-state index in [0.29, 0.717) is 12.1 Å². The fraction of sp³-hybridized carbons (Fsp3) is 0.435. The maximum atomic E-state index is 13.2. The van der Waals surface area contributed by atoms with E-state index in [1.54, 1.807) is 28.8 Å². The average Bonchev–Trinajstić information content (AvgIpc) is 3.38. The maximum absolute atomic E-state index is 13.2. The van der Waals surface area contributed by atoms with Crippen molar-refractivity contribution in [1.29, 1.82) is 0 Å². The molecule has 162 valence electrons. The van der Waals surface area contributed by atoms with Gasteiger partial charge in [-0.25, -0.2) is 9.50 Å². The van der Waals surface area contributed by atoms with Crippen LogP contribution in [0.2, 0.25) is 0 Å². The summed E-state index contributed by atoms with van der Waals surface area (Å²) in [5.74, 6) is 0.811. The van der Waals surface area contributed by atoms with Gasteiger partial charge in [0, 0.05) is 43.5 Å². The number of rotatable bonds is 3. The molecule has 0 saturated carbocycles. The Morgan fingerprint density at radius 2 is 2.03 bits per heavy atom. The predicted octanol–water partition coefficient (Wildman–Crippen LogP) is 2.65. The first-order valence-electron chi connectivity index (χ1n) is 11.0. The first-order valence-corrected chi connectivity index (χ1v) is 11.0. The Morgan fingerprint density at radius 3 is 2.81 bits per heavy atom. The lowest BCUT2D eigenvalue weighted by molar-refractivity contribution is 0.0602. The number of aromatic nitrogens is 3. The van der Waals surface area contributed by atoms with Gasteiger partial charge in [-0.1, -0.05) is 12.1 Å². The number of hydrogen-bond acceptors (Lipinski definition) is 6. The number of likely N-dealkylation sites (tertiary alicyclic amines) is 1. The number of piperidine rings is 1. The second kappa shape index (κ2) is 7.85. The van der Waals surface area contributed by atoms with Gasteiger partial charge in [-0.05, 0) is 44.7 Å². The molecule has 0 aliphatic carbocycles. The molecule has 4 heterocycles. The maximum Gasteiger partial charge on any atom is 0.258 e. The molecular weight excluding hydrogens is 392 g/mol. The number of amides is 1. The summed E-state index contributed by atoms with van der Waals surface area (Å²) in [5.41, 5.74) is 9.09. The van der Waals surface area contributed by atoms with Crippen LogP contribution in [0.3, 0.4) is 0 Å². The molecule has 2 atom stereocenters. The minimum Gasteiger partial charge on any atom is -0.507 e. The van der Waals surface area contributed by atoms with E-state index in [2.05, 4.69) is 4.90 Å². The van der Waals surface area contributed by atoms with Gasteiger partial charge >= 0.3 is 0 Å².